The summed E-state index contributed by atoms with van der Waals surface area (Å²) in [6.07, 6.45) is 0. The monoisotopic (exact) mass is 696 g/mol. The van der Waals surface area contributed by atoms with Crippen LogP contribution in [0.25, 0.3) is 96.3 Å². The Morgan fingerprint density at radius 3 is 0.942 bits per heavy atom. The Morgan fingerprint density at radius 2 is 0.558 bits per heavy atom. The highest BCUT2D eigenvalue weighted by Gasteiger charge is 2.12. The van der Waals surface area contributed by atoms with Crippen molar-refractivity contribution in [2.45, 2.75) is 0 Å². The van der Waals surface area contributed by atoms with E-state index in [1.165, 1.54) is 96.3 Å². The van der Waals surface area contributed by atoms with Crippen LogP contribution in [0.3, 0.4) is 0 Å². The predicted molar refractivity (Wildman–Crippen MR) is 227 cm³/mol. The lowest BCUT2D eigenvalue weighted by Crippen LogP contribution is -1.83. The first-order valence-corrected chi connectivity index (χ1v) is 19.3. The molecule has 0 saturated heterocycles. The fraction of sp³-hybridized carbons (Fsp3) is 0. The summed E-state index contributed by atoms with van der Waals surface area (Å²) in [4.78, 5) is 2.63. The van der Waals surface area contributed by atoms with Crippen molar-refractivity contribution in [2.75, 3.05) is 0 Å². The van der Waals surface area contributed by atoms with Crippen LogP contribution in [0.4, 0.5) is 0 Å². The molecular weight excluding hydrogens is 665 g/mol. The molecule has 0 amide bonds. The normalized spacial score (nSPS) is 11.5. The number of hydrogen-bond acceptors (Lipinski definition) is 2. The second kappa shape index (κ2) is 12.9. The van der Waals surface area contributed by atoms with Crippen LogP contribution in [-0.4, -0.2) is 0 Å². The van der Waals surface area contributed by atoms with Crippen molar-refractivity contribution in [1.82, 2.24) is 0 Å². The summed E-state index contributed by atoms with van der Waals surface area (Å²) in [7, 11) is 0. The van der Waals surface area contributed by atoms with Crippen LogP contribution in [0, 0.1) is 0 Å². The first-order valence-electron chi connectivity index (χ1n) is 17.6. The molecule has 0 atom stereocenters. The van der Waals surface area contributed by atoms with E-state index in [0.717, 1.165) is 0 Å². The van der Waals surface area contributed by atoms with Gasteiger partial charge < -0.3 is 0 Å². The van der Waals surface area contributed by atoms with E-state index in [1.54, 1.807) is 0 Å². The molecule has 2 heteroatoms. The standard InChI is InChI=1S/C50H32S2/c1-3-11-43-37(7-1)9-5-13-45(43)39-23-15-33(16-24-39)35-19-27-41(28-20-35)47-31-49-50(51-47)32-48(52-49)42-29-21-36(22-30-42)34-17-25-40(26-18-34)46-14-6-10-38-8-2-4-12-44(38)46/h1-32H. The Balaban J connectivity index is 0.840. The van der Waals surface area contributed by atoms with Crippen molar-refractivity contribution in [3.8, 4) is 65.4 Å². The average Bonchev–Trinajstić information content (AvgIpc) is 3.81. The maximum absolute atomic E-state index is 2.36. The Kier molecular flexibility index (Phi) is 7.64. The smallest absolute Gasteiger partial charge is 0.0463 e. The van der Waals surface area contributed by atoms with Crippen molar-refractivity contribution in [2.24, 2.45) is 0 Å². The fourth-order valence-electron chi connectivity index (χ4n) is 7.41. The van der Waals surface area contributed by atoms with Crippen molar-refractivity contribution >= 4 is 53.6 Å². The molecule has 10 aromatic rings. The molecule has 8 aromatic carbocycles. The Bertz CT molecular complexity index is 2610. The van der Waals surface area contributed by atoms with Crippen molar-refractivity contribution in [3.63, 3.8) is 0 Å². The summed E-state index contributed by atoms with van der Waals surface area (Å²) in [5.74, 6) is 0. The lowest BCUT2D eigenvalue weighted by Gasteiger charge is -2.09. The third kappa shape index (κ3) is 5.63. The number of rotatable bonds is 6. The summed E-state index contributed by atoms with van der Waals surface area (Å²) in [5, 5.41) is 5.12. The van der Waals surface area contributed by atoms with Gasteiger partial charge in [0.1, 0.15) is 0 Å². The zero-order valence-electron chi connectivity index (χ0n) is 28.3. The molecule has 0 nitrogen and oxygen atoms in total. The van der Waals surface area contributed by atoms with Gasteiger partial charge in [-0.15, -0.1) is 22.7 Å². The van der Waals surface area contributed by atoms with Gasteiger partial charge in [-0.05, 0) is 89.3 Å². The second-order valence-corrected chi connectivity index (χ2v) is 15.5. The number of fused-ring (bicyclic) bond motifs is 3. The van der Waals surface area contributed by atoms with Crippen LogP contribution in [0.1, 0.15) is 0 Å². The minimum absolute atomic E-state index is 1.23. The van der Waals surface area contributed by atoms with E-state index >= 15 is 0 Å². The van der Waals surface area contributed by atoms with Crippen LogP contribution in [0.2, 0.25) is 0 Å². The van der Waals surface area contributed by atoms with Crippen LogP contribution in [-0.2, 0) is 0 Å². The van der Waals surface area contributed by atoms with E-state index in [9.17, 15) is 0 Å². The lowest BCUT2D eigenvalue weighted by atomic mass is 9.96. The largest absolute Gasteiger partial charge is 0.134 e. The molecule has 0 aliphatic carbocycles. The van der Waals surface area contributed by atoms with Crippen LogP contribution in [0.5, 0.6) is 0 Å². The predicted octanol–water partition coefficient (Wildman–Crippen LogP) is 15.3. The molecule has 244 valence electrons. The van der Waals surface area contributed by atoms with Gasteiger partial charge in [0.05, 0.1) is 0 Å². The molecule has 52 heavy (non-hydrogen) atoms. The third-order valence-corrected chi connectivity index (χ3v) is 12.6. The molecule has 0 radical (unpaired) electrons. The molecule has 0 bridgehead atoms. The van der Waals surface area contributed by atoms with Crippen molar-refractivity contribution in [3.05, 3.63) is 194 Å². The summed E-state index contributed by atoms with van der Waals surface area (Å²) < 4.78 is 2.69. The van der Waals surface area contributed by atoms with Gasteiger partial charge in [0.2, 0.25) is 0 Å². The quantitative estimate of drug-likeness (QED) is 0.162. The number of thiophene rings is 2. The molecular formula is C50H32S2. The fourth-order valence-corrected chi connectivity index (χ4v) is 9.82. The summed E-state index contributed by atoms with van der Waals surface area (Å²) >= 11 is 3.76. The van der Waals surface area contributed by atoms with E-state index in [1.807, 2.05) is 22.7 Å². The Hall–Kier alpha value is -6.06. The van der Waals surface area contributed by atoms with E-state index in [0.29, 0.717) is 0 Å². The van der Waals surface area contributed by atoms with Crippen molar-refractivity contribution < 1.29 is 0 Å². The van der Waals surface area contributed by atoms with Gasteiger partial charge in [-0.3, -0.25) is 0 Å². The van der Waals surface area contributed by atoms with Gasteiger partial charge >= 0.3 is 0 Å². The zero-order chi connectivity index (χ0) is 34.4. The molecule has 0 N–H and O–H groups in total. The molecule has 0 aliphatic rings. The molecule has 0 spiro atoms. The van der Waals surface area contributed by atoms with E-state index < -0.39 is 0 Å². The molecule has 0 aliphatic heterocycles. The maximum atomic E-state index is 2.36. The number of benzene rings is 8. The number of hydrogen-bond donors (Lipinski definition) is 0. The molecule has 0 saturated carbocycles. The van der Waals surface area contributed by atoms with Gasteiger partial charge in [-0.2, -0.15) is 0 Å². The first-order chi connectivity index (χ1) is 25.7. The molecule has 0 fully saturated rings. The minimum Gasteiger partial charge on any atom is -0.134 e. The topological polar surface area (TPSA) is 0 Å². The van der Waals surface area contributed by atoms with Crippen LogP contribution >= 0.6 is 22.7 Å². The SMILES string of the molecule is c1ccc2c(-c3ccc(-c4ccc(-c5cc6sc(-c7ccc(-c8ccc(-c9cccc%10ccccc9%10)cc8)cc7)cc6s5)cc4)cc3)cccc2c1. The molecule has 0 unspecified atom stereocenters. The van der Waals surface area contributed by atoms with Gasteiger partial charge in [-0.1, -0.05) is 182 Å². The minimum atomic E-state index is 1.23. The Morgan fingerprint density at radius 1 is 0.250 bits per heavy atom. The first kappa shape index (κ1) is 30.7. The van der Waals surface area contributed by atoms with Gasteiger partial charge in [-0.25, -0.2) is 0 Å². The summed E-state index contributed by atoms with van der Waals surface area (Å²) in [6, 6.07) is 71.0. The zero-order valence-corrected chi connectivity index (χ0v) is 29.9. The van der Waals surface area contributed by atoms with Crippen molar-refractivity contribution in [1.29, 1.82) is 0 Å². The summed E-state index contributed by atoms with van der Waals surface area (Å²) in [5.41, 5.74) is 12.5. The highest BCUT2D eigenvalue weighted by molar-refractivity contribution is 7.31. The average molecular weight is 697 g/mol. The van der Waals surface area contributed by atoms with Crippen LogP contribution in [0.15, 0.2) is 194 Å². The Labute approximate surface area is 311 Å². The lowest BCUT2D eigenvalue weighted by molar-refractivity contribution is 1.60. The highest BCUT2D eigenvalue weighted by Crippen LogP contribution is 2.42. The molecule has 2 heterocycles. The second-order valence-electron chi connectivity index (χ2n) is 13.3. The van der Waals surface area contributed by atoms with E-state index in [4.69, 9.17) is 0 Å². The van der Waals surface area contributed by atoms with Gasteiger partial charge in [0, 0.05) is 19.2 Å². The maximum Gasteiger partial charge on any atom is 0.0463 e. The van der Waals surface area contributed by atoms with E-state index in [-0.39, 0.29) is 0 Å². The van der Waals surface area contributed by atoms with Gasteiger partial charge in [0.25, 0.3) is 0 Å². The molecule has 2 aromatic heterocycles. The van der Waals surface area contributed by atoms with Gasteiger partial charge in [0.15, 0.2) is 0 Å². The summed E-state index contributed by atoms with van der Waals surface area (Å²) in [6.45, 7) is 0. The third-order valence-electron chi connectivity index (χ3n) is 10.2. The molecule has 10 rings (SSSR count). The highest BCUT2D eigenvalue weighted by atomic mass is 32.1. The van der Waals surface area contributed by atoms with E-state index in [2.05, 4.69) is 194 Å². The van der Waals surface area contributed by atoms with Crippen LogP contribution < -0.4 is 0 Å².